The number of aromatic nitrogens is 2. The van der Waals surface area contributed by atoms with Crippen molar-refractivity contribution in [2.45, 2.75) is 31.0 Å². The third kappa shape index (κ3) is 3.74. The Morgan fingerprint density at radius 3 is 2.89 bits per heavy atom. The van der Waals surface area contributed by atoms with Crippen LogP contribution in [0.15, 0.2) is 11.2 Å². The van der Waals surface area contributed by atoms with Gasteiger partial charge in [0.15, 0.2) is 5.16 Å². The van der Waals surface area contributed by atoms with E-state index in [4.69, 9.17) is 5.73 Å². The van der Waals surface area contributed by atoms with Gasteiger partial charge in [-0.2, -0.15) is 0 Å². The molecule has 0 spiro atoms. The molecule has 100 valence electrons. The monoisotopic (exact) mass is 267 g/mol. The van der Waals surface area contributed by atoms with Gasteiger partial charge in [-0.1, -0.05) is 18.7 Å². The van der Waals surface area contributed by atoms with Gasteiger partial charge in [-0.15, -0.1) is 0 Å². The second kappa shape index (κ2) is 6.24. The van der Waals surface area contributed by atoms with Gasteiger partial charge >= 0.3 is 0 Å². The molecule has 1 heterocycles. The van der Waals surface area contributed by atoms with Gasteiger partial charge in [0.25, 0.3) is 0 Å². The molecule has 3 N–H and O–H groups in total. The van der Waals surface area contributed by atoms with Crippen molar-refractivity contribution in [2.24, 2.45) is 0 Å². The molecule has 1 aromatic rings. The minimum absolute atomic E-state index is 0.520. The summed E-state index contributed by atoms with van der Waals surface area (Å²) in [7, 11) is 0. The SMILES string of the molecule is CCN(CCNc1cc(N)nc(SC)n1)C1CC1. The molecule has 0 unspecified atom stereocenters. The largest absolute Gasteiger partial charge is 0.383 e. The first-order valence-corrected chi connectivity index (χ1v) is 7.62. The molecule has 1 aliphatic rings. The summed E-state index contributed by atoms with van der Waals surface area (Å²) in [6.07, 6.45) is 4.65. The van der Waals surface area contributed by atoms with Crippen molar-refractivity contribution in [3.63, 3.8) is 0 Å². The minimum Gasteiger partial charge on any atom is -0.383 e. The number of nitrogen functional groups attached to an aromatic ring is 1. The first-order valence-electron chi connectivity index (χ1n) is 6.39. The van der Waals surface area contributed by atoms with Crippen LogP contribution in [0.25, 0.3) is 0 Å². The van der Waals surface area contributed by atoms with Gasteiger partial charge in [0.2, 0.25) is 0 Å². The average molecular weight is 267 g/mol. The Kier molecular flexibility index (Phi) is 4.66. The molecule has 5 nitrogen and oxygen atoms in total. The quantitative estimate of drug-likeness (QED) is 0.579. The van der Waals surface area contributed by atoms with Crippen molar-refractivity contribution >= 4 is 23.4 Å². The molecule has 0 amide bonds. The lowest BCUT2D eigenvalue weighted by atomic mass is 10.4. The Bertz CT molecular complexity index is 394. The second-order valence-corrected chi connectivity index (χ2v) is 5.22. The van der Waals surface area contributed by atoms with E-state index in [1.165, 1.54) is 24.6 Å². The minimum atomic E-state index is 0.520. The van der Waals surface area contributed by atoms with Crippen LogP contribution in [-0.4, -0.2) is 46.8 Å². The number of nitrogens with zero attached hydrogens (tertiary/aromatic N) is 3. The van der Waals surface area contributed by atoms with Gasteiger partial charge in [0, 0.05) is 25.2 Å². The van der Waals surface area contributed by atoms with Crippen molar-refractivity contribution < 1.29 is 0 Å². The summed E-state index contributed by atoms with van der Waals surface area (Å²) in [5.41, 5.74) is 5.74. The topological polar surface area (TPSA) is 67.1 Å². The van der Waals surface area contributed by atoms with Crippen LogP contribution in [0.3, 0.4) is 0 Å². The first kappa shape index (κ1) is 13.4. The predicted octanol–water partition coefficient (Wildman–Crippen LogP) is 1.68. The molecular formula is C12H21N5S. The van der Waals surface area contributed by atoms with E-state index in [-0.39, 0.29) is 0 Å². The van der Waals surface area contributed by atoms with Crippen molar-refractivity contribution in [3.8, 4) is 0 Å². The molecule has 2 rings (SSSR count). The second-order valence-electron chi connectivity index (χ2n) is 4.45. The number of rotatable bonds is 7. The molecule has 6 heteroatoms. The fraction of sp³-hybridized carbons (Fsp3) is 0.667. The molecule has 0 atom stereocenters. The smallest absolute Gasteiger partial charge is 0.191 e. The van der Waals surface area contributed by atoms with E-state index in [9.17, 15) is 0 Å². The lowest BCUT2D eigenvalue weighted by molar-refractivity contribution is 0.289. The van der Waals surface area contributed by atoms with Gasteiger partial charge in [0.1, 0.15) is 11.6 Å². The maximum Gasteiger partial charge on any atom is 0.191 e. The van der Waals surface area contributed by atoms with Crippen molar-refractivity contribution in [1.82, 2.24) is 14.9 Å². The lowest BCUT2D eigenvalue weighted by Crippen LogP contribution is -2.31. The fourth-order valence-corrected chi connectivity index (χ4v) is 2.38. The highest BCUT2D eigenvalue weighted by molar-refractivity contribution is 7.98. The van der Waals surface area contributed by atoms with Crippen LogP contribution < -0.4 is 11.1 Å². The highest BCUT2D eigenvalue weighted by atomic mass is 32.2. The third-order valence-corrected chi connectivity index (χ3v) is 3.63. The van der Waals surface area contributed by atoms with Crippen molar-refractivity contribution in [2.75, 3.05) is 36.9 Å². The normalized spacial score (nSPS) is 15.1. The fourth-order valence-electron chi connectivity index (χ4n) is 1.99. The van der Waals surface area contributed by atoms with Crippen LogP contribution in [-0.2, 0) is 0 Å². The van der Waals surface area contributed by atoms with Crippen molar-refractivity contribution in [3.05, 3.63) is 6.07 Å². The maximum atomic E-state index is 5.74. The summed E-state index contributed by atoms with van der Waals surface area (Å²) < 4.78 is 0. The molecule has 0 saturated heterocycles. The molecule has 0 radical (unpaired) electrons. The number of nitrogens with one attached hydrogen (secondary N) is 1. The summed E-state index contributed by atoms with van der Waals surface area (Å²) in [6, 6.07) is 2.60. The Morgan fingerprint density at radius 1 is 1.50 bits per heavy atom. The lowest BCUT2D eigenvalue weighted by Gasteiger charge is -2.20. The van der Waals surface area contributed by atoms with Crippen LogP contribution in [0.5, 0.6) is 0 Å². The zero-order valence-electron chi connectivity index (χ0n) is 11.0. The molecule has 0 bridgehead atoms. The number of hydrogen-bond donors (Lipinski definition) is 2. The third-order valence-electron chi connectivity index (χ3n) is 3.08. The van der Waals surface area contributed by atoms with Crippen LogP contribution in [0.4, 0.5) is 11.6 Å². The molecule has 1 aromatic heterocycles. The van der Waals surface area contributed by atoms with E-state index >= 15 is 0 Å². The molecular weight excluding hydrogens is 246 g/mol. The Balaban J connectivity index is 1.83. The number of anilines is 2. The molecule has 1 aliphatic carbocycles. The van der Waals surface area contributed by atoms with Gasteiger partial charge in [0.05, 0.1) is 0 Å². The molecule has 18 heavy (non-hydrogen) atoms. The Hall–Kier alpha value is -1.01. The van der Waals surface area contributed by atoms with Gasteiger partial charge < -0.3 is 11.1 Å². The first-order chi connectivity index (χ1) is 8.72. The number of thioether (sulfide) groups is 1. The van der Waals surface area contributed by atoms with Crippen LogP contribution in [0.1, 0.15) is 19.8 Å². The molecule has 1 saturated carbocycles. The summed E-state index contributed by atoms with van der Waals surface area (Å²) in [5, 5.41) is 4.04. The van der Waals surface area contributed by atoms with E-state index in [0.717, 1.165) is 31.5 Å². The summed E-state index contributed by atoms with van der Waals surface area (Å²) in [4.78, 5) is 11.0. The maximum absolute atomic E-state index is 5.74. The zero-order valence-corrected chi connectivity index (χ0v) is 11.8. The molecule has 0 aliphatic heterocycles. The molecule has 0 aromatic carbocycles. The summed E-state index contributed by atoms with van der Waals surface area (Å²) in [6.45, 7) is 5.29. The van der Waals surface area contributed by atoms with E-state index in [0.29, 0.717) is 11.0 Å². The predicted molar refractivity (Wildman–Crippen MR) is 77.0 cm³/mol. The van der Waals surface area contributed by atoms with Gasteiger partial charge in [-0.25, -0.2) is 9.97 Å². The Morgan fingerprint density at radius 2 is 2.28 bits per heavy atom. The van der Waals surface area contributed by atoms with Gasteiger partial charge in [-0.3, -0.25) is 4.90 Å². The van der Waals surface area contributed by atoms with E-state index < -0.39 is 0 Å². The standard InChI is InChI=1S/C12H21N5S/c1-3-17(9-4-5-9)7-6-14-11-8-10(13)15-12(16-11)18-2/h8-9H,3-7H2,1-2H3,(H3,13,14,15,16). The van der Waals surface area contributed by atoms with Crippen LogP contribution >= 0.6 is 11.8 Å². The van der Waals surface area contributed by atoms with E-state index in [2.05, 4.69) is 27.1 Å². The van der Waals surface area contributed by atoms with Crippen molar-refractivity contribution in [1.29, 1.82) is 0 Å². The summed E-state index contributed by atoms with van der Waals surface area (Å²) in [5.74, 6) is 1.34. The van der Waals surface area contributed by atoms with Crippen LogP contribution in [0, 0.1) is 0 Å². The average Bonchev–Trinajstić information content (AvgIpc) is 3.18. The number of nitrogens with two attached hydrogens (primary N) is 1. The number of hydrogen-bond acceptors (Lipinski definition) is 6. The van der Waals surface area contributed by atoms with E-state index in [1.807, 2.05) is 6.26 Å². The van der Waals surface area contributed by atoms with E-state index in [1.54, 1.807) is 6.07 Å². The zero-order chi connectivity index (χ0) is 13.0. The van der Waals surface area contributed by atoms with Gasteiger partial charge in [-0.05, 0) is 25.6 Å². The highest BCUT2D eigenvalue weighted by Gasteiger charge is 2.27. The van der Waals surface area contributed by atoms with Crippen LogP contribution in [0.2, 0.25) is 0 Å². The Labute approximate surface area is 113 Å². The molecule has 1 fully saturated rings. The number of likely N-dealkylation sites (N-methyl/N-ethyl adjacent to an activating group) is 1. The highest BCUT2D eigenvalue weighted by Crippen LogP contribution is 2.26. The summed E-state index contributed by atoms with van der Waals surface area (Å²) >= 11 is 1.50.